The van der Waals surface area contributed by atoms with Gasteiger partial charge in [-0.05, 0) is 18.4 Å². The quantitative estimate of drug-likeness (QED) is 0.505. The van der Waals surface area contributed by atoms with Crippen molar-refractivity contribution in [1.82, 2.24) is 0 Å². The minimum atomic E-state index is -0.345. The van der Waals surface area contributed by atoms with Crippen LogP contribution in [-0.4, -0.2) is 18.5 Å². The molecule has 1 heterocycles. The molecule has 0 atom stereocenters. The van der Waals surface area contributed by atoms with Crippen LogP contribution in [0.25, 0.3) is 0 Å². The first-order valence-corrected chi connectivity index (χ1v) is 4.67. The molecule has 0 radical (unpaired) electrons. The molecule has 1 aliphatic heterocycles. The molecular weight excluding hydrogens is 180 g/mol. The predicted molar refractivity (Wildman–Crippen MR) is 54.7 cm³/mol. The Bertz CT molecular complexity index is 376. The van der Waals surface area contributed by atoms with Gasteiger partial charge in [-0.2, -0.15) is 0 Å². The number of benzene rings is 1. The molecule has 0 saturated carbocycles. The Hall–Kier alpha value is -1.58. The number of nitro groups is 1. The van der Waals surface area contributed by atoms with E-state index in [1.54, 1.807) is 12.1 Å². The van der Waals surface area contributed by atoms with Gasteiger partial charge in [0.2, 0.25) is 0 Å². The molecule has 0 aliphatic carbocycles. The number of aryl methyl sites for hydroxylation is 1. The van der Waals surface area contributed by atoms with E-state index in [4.69, 9.17) is 0 Å². The first-order chi connectivity index (χ1) is 6.68. The van der Waals surface area contributed by atoms with Crippen molar-refractivity contribution < 1.29 is 4.92 Å². The van der Waals surface area contributed by atoms with Crippen molar-refractivity contribution in [2.24, 2.45) is 0 Å². The number of nitrogens with zero attached hydrogens (tertiary/aromatic N) is 2. The molecule has 0 amide bonds. The first-order valence-electron chi connectivity index (χ1n) is 4.67. The molecule has 0 spiro atoms. The van der Waals surface area contributed by atoms with E-state index < -0.39 is 0 Å². The lowest BCUT2D eigenvalue weighted by Gasteiger charge is -2.26. The Morgan fingerprint density at radius 3 is 3.00 bits per heavy atom. The summed E-state index contributed by atoms with van der Waals surface area (Å²) >= 11 is 0. The lowest BCUT2D eigenvalue weighted by atomic mass is 10.0. The highest BCUT2D eigenvalue weighted by molar-refractivity contribution is 5.60. The summed E-state index contributed by atoms with van der Waals surface area (Å²) in [7, 11) is 1.97. The molecule has 2 rings (SSSR count). The van der Waals surface area contributed by atoms with E-state index in [9.17, 15) is 10.1 Å². The Labute approximate surface area is 82.3 Å². The third-order valence-corrected chi connectivity index (χ3v) is 2.63. The van der Waals surface area contributed by atoms with Gasteiger partial charge in [0.15, 0.2) is 0 Å². The fourth-order valence-corrected chi connectivity index (χ4v) is 1.86. The third-order valence-electron chi connectivity index (χ3n) is 2.63. The van der Waals surface area contributed by atoms with Crippen LogP contribution in [-0.2, 0) is 6.42 Å². The minimum Gasteiger partial charge on any atom is -0.374 e. The van der Waals surface area contributed by atoms with Crippen molar-refractivity contribution >= 4 is 11.4 Å². The van der Waals surface area contributed by atoms with E-state index in [1.165, 1.54) is 5.56 Å². The predicted octanol–water partition coefficient (Wildman–Crippen LogP) is 1.98. The standard InChI is InChI=1S/C10H12N2O2/c1-11-6-2-3-8-4-5-9(12(13)14)7-10(8)11/h4-5,7H,2-3,6H2,1H3. The molecule has 0 aromatic heterocycles. The Balaban J connectivity index is 2.45. The number of anilines is 1. The number of rotatable bonds is 1. The van der Waals surface area contributed by atoms with Crippen LogP contribution < -0.4 is 4.90 Å². The number of non-ortho nitro benzene ring substituents is 1. The normalized spacial score (nSPS) is 15.1. The molecule has 1 aliphatic rings. The van der Waals surface area contributed by atoms with Gasteiger partial charge in [-0.1, -0.05) is 6.07 Å². The second-order valence-electron chi connectivity index (χ2n) is 3.60. The average Bonchev–Trinajstić information content (AvgIpc) is 2.18. The number of hydrogen-bond acceptors (Lipinski definition) is 3. The summed E-state index contributed by atoms with van der Waals surface area (Å²) in [5.41, 5.74) is 2.40. The highest BCUT2D eigenvalue weighted by Gasteiger charge is 2.16. The molecule has 0 N–H and O–H groups in total. The van der Waals surface area contributed by atoms with Crippen LogP contribution in [0.2, 0.25) is 0 Å². The molecule has 1 aromatic carbocycles. The second-order valence-corrected chi connectivity index (χ2v) is 3.60. The van der Waals surface area contributed by atoms with Crippen LogP contribution in [0.3, 0.4) is 0 Å². The second kappa shape index (κ2) is 3.29. The summed E-state index contributed by atoms with van der Waals surface area (Å²) in [4.78, 5) is 12.3. The first kappa shape index (κ1) is 8.99. The zero-order valence-electron chi connectivity index (χ0n) is 8.06. The Morgan fingerprint density at radius 1 is 1.50 bits per heavy atom. The molecular formula is C10H12N2O2. The smallest absolute Gasteiger partial charge is 0.271 e. The van der Waals surface area contributed by atoms with Crippen LogP contribution in [0.5, 0.6) is 0 Å². The largest absolute Gasteiger partial charge is 0.374 e. The summed E-state index contributed by atoms with van der Waals surface area (Å²) in [6, 6.07) is 5.11. The van der Waals surface area contributed by atoms with Crippen molar-refractivity contribution in [3.63, 3.8) is 0 Å². The highest BCUT2D eigenvalue weighted by Crippen LogP contribution is 2.29. The monoisotopic (exact) mass is 192 g/mol. The van der Waals surface area contributed by atoms with Gasteiger partial charge in [0, 0.05) is 31.4 Å². The van der Waals surface area contributed by atoms with E-state index >= 15 is 0 Å². The van der Waals surface area contributed by atoms with Gasteiger partial charge in [0.25, 0.3) is 5.69 Å². The molecule has 74 valence electrons. The molecule has 0 fully saturated rings. The average molecular weight is 192 g/mol. The summed E-state index contributed by atoms with van der Waals surface area (Å²) in [6.07, 6.45) is 2.15. The molecule has 4 nitrogen and oxygen atoms in total. The zero-order chi connectivity index (χ0) is 10.1. The maximum absolute atomic E-state index is 10.6. The summed E-state index contributed by atoms with van der Waals surface area (Å²) < 4.78 is 0. The van der Waals surface area contributed by atoms with Crippen molar-refractivity contribution in [3.05, 3.63) is 33.9 Å². The molecule has 14 heavy (non-hydrogen) atoms. The molecule has 0 bridgehead atoms. The van der Waals surface area contributed by atoms with E-state index in [2.05, 4.69) is 4.90 Å². The van der Waals surface area contributed by atoms with Crippen molar-refractivity contribution in [3.8, 4) is 0 Å². The lowest BCUT2D eigenvalue weighted by molar-refractivity contribution is -0.384. The van der Waals surface area contributed by atoms with Gasteiger partial charge < -0.3 is 4.90 Å². The Kier molecular flexibility index (Phi) is 2.11. The molecule has 4 heteroatoms. The number of fused-ring (bicyclic) bond motifs is 1. The van der Waals surface area contributed by atoms with Gasteiger partial charge in [0.05, 0.1) is 4.92 Å². The minimum absolute atomic E-state index is 0.178. The van der Waals surface area contributed by atoms with Crippen LogP contribution in [0.15, 0.2) is 18.2 Å². The molecule has 0 unspecified atom stereocenters. The highest BCUT2D eigenvalue weighted by atomic mass is 16.6. The van der Waals surface area contributed by atoms with Crippen LogP contribution in [0.1, 0.15) is 12.0 Å². The summed E-state index contributed by atoms with van der Waals surface area (Å²) in [5, 5.41) is 10.6. The maximum Gasteiger partial charge on any atom is 0.271 e. The van der Waals surface area contributed by atoms with E-state index in [0.29, 0.717) is 0 Å². The lowest BCUT2D eigenvalue weighted by Crippen LogP contribution is -2.24. The van der Waals surface area contributed by atoms with Gasteiger partial charge >= 0.3 is 0 Å². The maximum atomic E-state index is 10.6. The van der Waals surface area contributed by atoms with Crippen LogP contribution in [0.4, 0.5) is 11.4 Å². The zero-order valence-corrected chi connectivity index (χ0v) is 8.06. The number of nitro benzene ring substituents is 1. The SMILES string of the molecule is CN1CCCc2ccc([N+](=O)[O-])cc21. The fraction of sp³-hybridized carbons (Fsp3) is 0.400. The topological polar surface area (TPSA) is 46.4 Å². The number of hydrogen-bond donors (Lipinski definition) is 0. The van der Waals surface area contributed by atoms with Gasteiger partial charge in [-0.25, -0.2) is 0 Å². The van der Waals surface area contributed by atoms with Crippen molar-refractivity contribution in [2.75, 3.05) is 18.5 Å². The summed E-state index contributed by atoms with van der Waals surface area (Å²) in [6.45, 7) is 0.980. The summed E-state index contributed by atoms with van der Waals surface area (Å²) in [5.74, 6) is 0. The van der Waals surface area contributed by atoms with Crippen molar-refractivity contribution in [1.29, 1.82) is 0 Å². The Morgan fingerprint density at radius 2 is 2.29 bits per heavy atom. The molecule has 1 aromatic rings. The fourth-order valence-electron chi connectivity index (χ4n) is 1.86. The van der Waals surface area contributed by atoms with Crippen LogP contribution >= 0.6 is 0 Å². The van der Waals surface area contributed by atoms with E-state index in [0.717, 1.165) is 25.1 Å². The van der Waals surface area contributed by atoms with Gasteiger partial charge in [-0.3, -0.25) is 10.1 Å². The van der Waals surface area contributed by atoms with Gasteiger partial charge in [0.1, 0.15) is 0 Å². The molecule has 0 saturated heterocycles. The van der Waals surface area contributed by atoms with Crippen LogP contribution in [0, 0.1) is 10.1 Å². The van der Waals surface area contributed by atoms with Gasteiger partial charge in [-0.15, -0.1) is 0 Å². The van der Waals surface area contributed by atoms with Crippen molar-refractivity contribution in [2.45, 2.75) is 12.8 Å². The third kappa shape index (κ3) is 1.43. The van der Waals surface area contributed by atoms with E-state index in [1.807, 2.05) is 13.1 Å². The van der Waals surface area contributed by atoms with E-state index in [-0.39, 0.29) is 10.6 Å².